The van der Waals surface area contributed by atoms with E-state index in [4.69, 9.17) is 4.74 Å². The molecule has 0 saturated heterocycles. The van der Waals surface area contributed by atoms with Crippen LogP contribution in [0.25, 0.3) is 10.8 Å². The minimum atomic E-state index is -0.224. The number of benzene rings is 2. The minimum Gasteiger partial charge on any atom is -0.462 e. The molecule has 3 heteroatoms. The summed E-state index contributed by atoms with van der Waals surface area (Å²) >= 11 is 3.45. The fraction of sp³-hybridized carbons (Fsp3) is 0.421. The van der Waals surface area contributed by atoms with E-state index < -0.39 is 0 Å². The van der Waals surface area contributed by atoms with Crippen LogP contribution in [0.2, 0.25) is 0 Å². The number of fused-ring (bicyclic) bond motifs is 1. The van der Waals surface area contributed by atoms with Crippen molar-refractivity contribution in [3.8, 4) is 0 Å². The topological polar surface area (TPSA) is 26.3 Å². The minimum absolute atomic E-state index is 0.224. The summed E-state index contributed by atoms with van der Waals surface area (Å²) in [4.78, 5) is 12.1. The lowest BCUT2D eigenvalue weighted by molar-refractivity contribution is 0.0498. The van der Waals surface area contributed by atoms with Crippen LogP contribution in [0.15, 0.2) is 40.9 Å². The number of unbranched alkanes of at least 4 members (excludes halogenated alkanes) is 5. The molecule has 0 unspecified atom stereocenters. The van der Waals surface area contributed by atoms with E-state index in [9.17, 15) is 4.79 Å². The molecule has 0 heterocycles. The van der Waals surface area contributed by atoms with E-state index in [2.05, 4.69) is 22.9 Å². The Morgan fingerprint density at radius 3 is 2.45 bits per heavy atom. The number of carbonyl (C=O) groups excluding carboxylic acids is 1. The smallest absolute Gasteiger partial charge is 0.338 e. The van der Waals surface area contributed by atoms with Gasteiger partial charge in [0, 0.05) is 4.47 Å². The molecular formula is C19H23BrO2. The number of rotatable bonds is 8. The Morgan fingerprint density at radius 1 is 0.955 bits per heavy atom. The largest absolute Gasteiger partial charge is 0.462 e. The molecule has 0 saturated carbocycles. The van der Waals surface area contributed by atoms with Crippen molar-refractivity contribution in [3.05, 3.63) is 46.4 Å². The summed E-state index contributed by atoms with van der Waals surface area (Å²) in [5, 5.41) is 2.17. The second-order valence-electron chi connectivity index (χ2n) is 5.61. The monoisotopic (exact) mass is 362 g/mol. The van der Waals surface area contributed by atoms with Crippen LogP contribution >= 0.6 is 15.9 Å². The third-order valence-corrected chi connectivity index (χ3v) is 4.26. The van der Waals surface area contributed by atoms with E-state index in [0.29, 0.717) is 12.2 Å². The van der Waals surface area contributed by atoms with Crippen LogP contribution in [0.5, 0.6) is 0 Å². The van der Waals surface area contributed by atoms with E-state index >= 15 is 0 Å². The van der Waals surface area contributed by atoms with Crippen LogP contribution in [0, 0.1) is 0 Å². The van der Waals surface area contributed by atoms with Gasteiger partial charge in [-0.05, 0) is 41.5 Å². The van der Waals surface area contributed by atoms with Gasteiger partial charge in [0.1, 0.15) is 0 Å². The fourth-order valence-corrected chi connectivity index (χ4v) is 2.85. The van der Waals surface area contributed by atoms with Gasteiger partial charge in [0.2, 0.25) is 0 Å². The average Bonchev–Trinajstić information content (AvgIpc) is 2.53. The third kappa shape index (κ3) is 5.13. The van der Waals surface area contributed by atoms with Crippen molar-refractivity contribution >= 4 is 32.7 Å². The number of esters is 1. The first-order chi connectivity index (χ1) is 10.7. The molecule has 0 aliphatic heterocycles. The molecule has 22 heavy (non-hydrogen) atoms. The molecule has 0 bridgehead atoms. The molecule has 2 aromatic carbocycles. The molecule has 0 N–H and O–H groups in total. The fourth-order valence-electron chi connectivity index (χ4n) is 2.47. The lowest BCUT2D eigenvalue weighted by atomic mass is 10.1. The summed E-state index contributed by atoms with van der Waals surface area (Å²) in [5.74, 6) is -0.224. The van der Waals surface area contributed by atoms with Crippen LogP contribution < -0.4 is 0 Å². The highest BCUT2D eigenvalue weighted by molar-refractivity contribution is 9.10. The van der Waals surface area contributed by atoms with E-state index in [1.807, 2.05) is 36.4 Å². The maximum atomic E-state index is 12.1. The maximum absolute atomic E-state index is 12.1. The van der Waals surface area contributed by atoms with Crippen molar-refractivity contribution in [1.29, 1.82) is 0 Å². The van der Waals surface area contributed by atoms with Gasteiger partial charge in [-0.15, -0.1) is 0 Å². The Labute approximate surface area is 141 Å². The molecule has 2 rings (SSSR count). The molecule has 0 spiro atoms. The van der Waals surface area contributed by atoms with Gasteiger partial charge in [0.15, 0.2) is 0 Å². The Bertz CT molecular complexity index is 622. The Morgan fingerprint density at radius 2 is 1.64 bits per heavy atom. The SMILES string of the molecule is CCCCCCCCOC(=O)c1ccc2cc(Br)ccc2c1. The maximum Gasteiger partial charge on any atom is 0.338 e. The number of hydrogen-bond acceptors (Lipinski definition) is 2. The zero-order valence-electron chi connectivity index (χ0n) is 13.1. The first-order valence-electron chi connectivity index (χ1n) is 8.07. The van der Waals surface area contributed by atoms with Gasteiger partial charge in [-0.2, -0.15) is 0 Å². The van der Waals surface area contributed by atoms with Gasteiger partial charge in [-0.25, -0.2) is 4.79 Å². The number of carbonyl (C=O) groups is 1. The predicted molar refractivity (Wildman–Crippen MR) is 95.3 cm³/mol. The summed E-state index contributed by atoms with van der Waals surface area (Å²) in [6.07, 6.45) is 7.16. The summed E-state index contributed by atoms with van der Waals surface area (Å²) in [6, 6.07) is 11.7. The lowest BCUT2D eigenvalue weighted by Gasteiger charge is -2.06. The summed E-state index contributed by atoms with van der Waals surface area (Å²) in [5.41, 5.74) is 0.626. The van der Waals surface area contributed by atoms with Gasteiger partial charge in [0.25, 0.3) is 0 Å². The molecule has 2 nitrogen and oxygen atoms in total. The van der Waals surface area contributed by atoms with Crippen LogP contribution in [-0.2, 0) is 4.74 Å². The van der Waals surface area contributed by atoms with Crippen molar-refractivity contribution in [1.82, 2.24) is 0 Å². The molecule has 0 aliphatic carbocycles. The average molecular weight is 363 g/mol. The first-order valence-corrected chi connectivity index (χ1v) is 8.86. The van der Waals surface area contributed by atoms with E-state index in [1.165, 1.54) is 25.7 Å². The molecule has 118 valence electrons. The second-order valence-corrected chi connectivity index (χ2v) is 6.53. The van der Waals surface area contributed by atoms with Crippen LogP contribution in [0.4, 0.5) is 0 Å². The van der Waals surface area contributed by atoms with Crippen molar-refractivity contribution in [3.63, 3.8) is 0 Å². The number of ether oxygens (including phenoxy) is 1. The van der Waals surface area contributed by atoms with Gasteiger partial charge in [-0.1, -0.05) is 67.1 Å². The molecule has 0 aromatic heterocycles. The summed E-state index contributed by atoms with van der Waals surface area (Å²) < 4.78 is 6.40. The molecule has 2 aromatic rings. The number of hydrogen-bond donors (Lipinski definition) is 0. The van der Waals surface area contributed by atoms with Crippen LogP contribution in [-0.4, -0.2) is 12.6 Å². The van der Waals surface area contributed by atoms with E-state index in [1.54, 1.807) is 0 Å². The van der Waals surface area contributed by atoms with Crippen molar-refractivity contribution in [2.24, 2.45) is 0 Å². The van der Waals surface area contributed by atoms with Crippen molar-refractivity contribution < 1.29 is 9.53 Å². The zero-order valence-corrected chi connectivity index (χ0v) is 14.7. The standard InChI is InChI=1S/C19H23BrO2/c1-2-3-4-5-6-7-12-22-19(21)17-9-8-16-14-18(20)11-10-15(16)13-17/h8-11,13-14H,2-7,12H2,1H3. The molecule has 0 aliphatic rings. The first kappa shape index (κ1) is 17.0. The quantitative estimate of drug-likeness (QED) is 0.417. The zero-order chi connectivity index (χ0) is 15.8. The summed E-state index contributed by atoms with van der Waals surface area (Å²) in [6.45, 7) is 2.73. The lowest BCUT2D eigenvalue weighted by Crippen LogP contribution is -2.06. The molecule has 0 radical (unpaired) electrons. The van der Waals surface area contributed by atoms with Crippen LogP contribution in [0.1, 0.15) is 55.8 Å². The van der Waals surface area contributed by atoms with Gasteiger partial charge in [0.05, 0.1) is 12.2 Å². The third-order valence-electron chi connectivity index (χ3n) is 3.77. The Balaban J connectivity index is 1.81. The van der Waals surface area contributed by atoms with Gasteiger partial charge < -0.3 is 4.74 Å². The van der Waals surface area contributed by atoms with Gasteiger partial charge in [-0.3, -0.25) is 0 Å². The van der Waals surface area contributed by atoms with Crippen molar-refractivity contribution in [2.75, 3.05) is 6.61 Å². The Kier molecular flexibility index (Phi) is 6.91. The highest BCUT2D eigenvalue weighted by Gasteiger charge is 2.07. The predicted octanol–water partition coefficient (Wildman–Crippen LogP) is 6.12. The molecule has 0 fully saturated rings. The highest BCUT2D eigenvalue weighted by Crippen LogP contribution is 2.21. The molecule has 0 atom stereocenters. The Hall–Kier alpha value is -1.35. The van der Waals surface area contributed by atoms with Crippen molar-refractivity contribution in [2.45, 2.75) is 45.4 Å². The van der Waals surface area contributed by atoms with E-state index in [-0.39, 0.29) is 5.97 Å². The normalized spacial score (nSPS) is 10.8. The second kappa shape index (κ2) is 8.94. The van der Waals surface area contributed by atoms with Gasteiger partial charge >= 0.3 is 5.97 Å². The number of halogens is 1. The molecule has 0 amide bonds. The highest BCUT2D eigenvalue weighted by atomic mass is 79.9. The van der Waals surface area contributed by atoms with E-state index in [0.717, 1.165) is 28.1 Å². The van der Waals surface area contributed by atoms with Crippen LogP contribution in [0.3, 0.4) is 0 Å². The molecular weight excluding hydrogens is 340 g/mol. The summed E-state index contributed by atoms with van der Waals surface area (Å²) in [7, 11) is 0.